The quantitative estimate of drug-likeness (QED) is 0.346. The van der Waals surface area contributed by atoms with Crippen LogP contribution in [0.1, 0.15) is 71.1 Å². The third kappa shape index (κ3) is 9.43. The number of aromatic nitrogens is 2. The molecule has 2 N–H and O–H groups in total. The number of anilines is 1. The molecule has 1 unspecified atom stereocenters. The summed E-state index contributed by atoms with van der Waals surface area (Å²) in [6.45, 7) is 3.04. The van der Waals surface area contributed by atoms with E-state index in [-0.39, 0.29) is 31.4 Å². The van der Waals surface area contributed by atoms with Crippen molar-refractivity contribution in [2.75, 3.05) is 25.3 Å². The highest BCUT2D eigenvalue weighted by molar-refractivity contribution is 7.53. The van der Waals surface area contributed by atoms with Crippen LogP contribution in [0.3, 0.4) is 0 Å². The third-order valence-electron chi connectivity index (χ3n) is 5.01. The summed E-state index contributed by atoms with van der Waals surface area (Å²) >= 11 is 0. The number of unbranched alkanes of at least 4 members (excludes halogenated alkanes) is 9. The number of rotatable bonds is 14. The van der Waals surface area contributed by atoms with Crippen molar-refractivity contribution in [3.8, 4) is 0 Å². The largest absolute Gasteiger partial charge is 0.383 e. The molecule has 2 atom stereocenters. The molecule has 9 heteroatoms. The van der Waals surface area contributed by atoms with Gasteiger partial charge in [-0.05, 0) is 12.5 Å². The molecule has 2 rings (SSSR count). The molecule has 0 bridgehead atoms. The zero-order chi connectivity index (χ0) is 21.0. The minimum Gasteiger partial charge on any atom is -0.383 e. The Morgan fingerprint density at radius 3 is 2.41 bits per heavy atom. The second-order valence-corrected chi connectivity index (χ2v) is 9.62. The lowest BCUT2D eigenvalue weighted by Gasteiger charge is -2.29. The highest BCUT2D eigenvalue weighted by Crippen LogP contribution is 2.51. The van der Waals surface area contributed by atoms with E-state index in [0.29, 0.717) is 6.61 Å². The van der Waals surface area contributed by atoms with Crippen LogP contribution in [0.25, 0.3) is 0 Å². The summed E-state index contributed by atoms with van der Waals surface area (Å²) in [7, 11) is -3.20. The van der Waals surface area contributed by atoms with Gasteiger partial charge in [-0.2, -0.15) is 4.98 Å². The van der Waals surface area contributed by atoms with Gasteiger partial charge in [0.15, 0.2) is 0 Å². The van der Waals surface area contributed by atoms with Gasteiger partial charge in [-0.15, -0.1) is 0 Å². The Hall–Kier alpha value is -1.21. The summed E-state index contributed by atoms with van der Waals surface area (Å²) < 4.78 is 30.5. The molecule has 2 heterocycles. The fraction of sp³-hybridized carbons (Fsp3) is 0.800. The molecule has 1 aliphatic heterocycles. The first-order chi connectivity index (χ1) is 14.0. The molecule has 0 radical (unpaired) electrons. The van der Waals surface area contributed by atoms with E-state index in [1.54, 1.807) is 12.3 Å². The molecule has 0 saturated carbocycles. The van der Waals surface area contributed by atoms with E-state index in [1.807, 2.05) is 0 Å². The van der Waals surface area contributed by atoms with Gasteiger partial charge in [0, 0.05) is 6.20 Å². The van der Waals surface area contributed by atoms with E-state index in [1.165, 1.54) is 55.9 Å². The van der Waals surface area contributed by atoms with Crippen molar-refractivity contribution in [3.63, 3.8) is 0 Å². The van der Waals surface area contributed by atoms with Crippen LogP contribution in [0.2, 0.25) is 0 Å². The molecule has 0 aliphatic carbocycles. The lowest BCUT2D eigenvalue weighted by molar-refractivity contribution is -0.0146. The van der Waals surface area contributed by atoms with Crippen molar-refractivity contribution in [2.24, 2.45) is 0 Å². The normalized spacial score (nSPS) is 22.0. The second-order valence-electron chi connectivity index (χ2n) is 7.63. The maximum absolute atomic E-state index is 12.5. The van der Waals surface area contributed by atoms with Gasteiger partial charge in [0.2, 0.25) is 0 Å². The van der Waals surface area contributed by atoms with Crippen molar-refractivity contribution in [1.29, 1.82) is 0 Å². The molecule has 0 spiro atoms. The van der Waals surface area contributed by atoms with E-state index in [4.69, 9.17) is 19.5 Å². The number of hydrogen-bond donors (Lipinski definition) is 1. The van der Waals surface area contributed by atoms with Crippen molar-refractivity contribution >= 4 is 13.4 Å². The zero-order valence-corrected chi connectivity index (χ0v) is 18.5. The van der Waals surface area contributed by atoms with Crippen molar-refractivity contribution in [3.05, 3.63) is 22.7 Å². The number of nitrogens with two attached hydrogens (primary N) is 1. The monoisotopic (exact) mass is 429 g/mol. The van der Waals surface area contributed by atoms with Crippen LogP contribution in [-0.2, 0) is 24.9 Å². The van der Waals surface area contributed by atoms with E-state index in [2.05, 4.69) is 11.9 Å². The van der Waals surface area contributed by atoms with Gasteiger partial charge in [0.05, 0.1) is 19.8 Å². The van der Waals surface area contributed by atoms with Gasteiger partial charge < -0.3 is 19.5 Å². The van der Waals surface area contributed by atoms with Gasteiger partial charge in [0.25, 0.3) is 0 Å². The van der Waals surface area contributed by atoms with E-state index in [9.17, 15) is 9.36 Å². The topological polar surface area (TPSA) is 106 Å². The minimum atomic E-state index is -3.20. The molecular weight excluding hydrogens is 393 g/mol. The first kappa shape index (κ1) is 24.1. The Bertz CT molecular complexity index is 685. The molecule has 1 aromatic rings. The molecule has 29 heavy (non-hydrogen) atoms. The van der Waals surface area contributed by atoms with E-state index in [0.717, 1.165) is 12.8 Å². The number of ether oxygens (including phenoxy) is 1. The zero-order valence-electron chi connectivity index (χ0n) is 17.6. The smallest absolute Gasteiger partial charge is 0.356 e. The maximum atomic E-state index is 12.5. The summed E-state index contributed by atoms with van der Waals surface area (Å²) in [5.41, 5.74) is 5.03. The van der Waals surface area contributed by atoms with Gasteiger partial charge in [-0.3, -0.25) is 9.13 Å². The van der Waals surface area contributed by atoms with Gasteiger partial charge in [-0.1, -0.05) is 64.7 Å². The number of nitrogens with zero attached hydrogens (tertiary/aromatic N) is 2. The molecule has 8 nitrogen and oxygen atoms in total. The van der Waals surface area contributed by atoms with Crippen LogP contribution in [-0.4, -0.2) is 35.2 Å². The SMILES string of the molecule is CCCCCCCCCCCCOP1(=O)CO[C@@H](Cn2ccc(N)nc2=O)CO1. The summed E-state index contributed by atoms with van der Waals surface area (Å²) in [5, 5.41) is 0. The molecule has 1 aliphatic rings. The Labute approximate surface area is 173 Å². The molecule has 1 saturated heterocycles. The third-order valence-corrected chi connectivity index (χ3v) is 6.59. The van der Waals surface area contributed by atoms with E-state index >= 15 is 0 Å². The van der Waals surface area contributed by atoms with Crippen molar-refractivity contribution in [2.45, 2.75) is 83.8 Å². The van der Waals surface area contributed by atoms with Crippen LogP contribution in [0.5, 0.6) is 0 Å². The lowest BCUT2D eigenvalue weighted by Crippen LogP contribution is -2.35. The number of nitrogen functional groups attached to an aromatic ring is 1. The highest BCUT2D eigenvalue weighted by atomic mass is 31.2. The molecule has 1 aromatic heterocycles. The fourth-order valence-corrected chi connectivity index (χ4v) is 4.67. The van der Waals surface area contributed by atoms with Crippen LogP contribution in [0.4, 0.5) is 5.82 Å². The average Bonchev–Trinajstić information content (AvgIpc) is 2.70. The second kappa shape index (κ2) is 13.2. The molecule has 166 valence electrons. The molecule has 1 fully saturated rings. The fourth-order valence-electron chi connectivity index (χ4n) is 3.25. The van der Waals surface area contributed by atoms with Crippen LogP contribution >= 0.6 is 7.60 Å². The molecular formula is C20H36N3O5P. The lowest BCUT2D eigenvalue weighted by atomic mass is 10.1. The summed E-state index contributed by atoms with van der Waals surface area (Å²) in [5.74, 6) is 0.178. The van der Waals surface area contributed by atoms with Crippen LogP contribution < -0.4 is 11.4 Å². The minimum absolute atomic E-state index is 0.0907. The van der Waals surface area contributed by atoms with Crippen molar-refractivity contribution in [1.82, 2.24) is 9.55 Å². The Balaban J connectivity index is 1.53. The summed E-state index contributed by atoms with van der Waals surface area (Å²) in [6.07, 6.45) is 13.5. The predicted octanol–water partition coefficient (Wildman–Crippen LogP) is 4.33. The number of hydrogen-bond acceptors (Lipinski definition) is 7. The standard InChI is InChI=1S/C20H36N3O5P/c1-2-3-4-5-6-7-8-9-10-11-14-27-29(25)17-26-18(16-28-29)15-23-13-12-19(21)22-20(23)24/h12-13,18H,2-11,14-17H2,1H3,(H2,21,22,24)/t18-,29?/m0/s1. The Kier molecular flexibility index (Phi) is 10.9. The van der Waals surface area contributed by atoms with Crippen LogP contribution in [0.15, 0.2) is 17.1 Å². The first-order valence-corrected chi connectivity index (χ1v) is 12.6. The Morgan fingerprint density at radius 1 is 1.17 bits per heavy atom. The summed E-state index contributed by atoms with van der Waals surface area (Å²) in [4.78, 5) is 15.4. The predicted molar refractivity (Wildman–Crippen MR) is 114 cm³/mol. The van der Waals surface area contributed by atoms with E-state index < -0.39 is 13.3 Å². The van der Waals surface area contributed by atoms with Crippen LogP contribution in [0, 0.1) is 0 Å². The maximum Gasteiger partial charge on any atom is 0.356 e. The average molecular weight is 429 g/mol. The molecule has 0 amide bonds. The highest BCUT2D eigenvalue weighted by Gasteiger charge is 2.33. The summed E-state index contributed by atoms with van der Waals surface area (Å²) in [6, 6.07) is 1.55. The first-order valence-electron chi connectivity index (χ1n) is 10.8. The van der Waals surface area contributed by atoms with Gasteiger partial charge >= 0.3 is 13.3 Å². The van der Waals surface area contributed by atoms with Crippen molar-refractivity contribution < 1.29 is 18.3 Å². The molecule has 0 aromatic carbocycles. The van der Waals surface area contributed by atoms with Gasteiger partial charge in [-0.25, -0.2) is 4.79 Å². The van der Waals surface area contributed by atoms with Gasteiger partial charge in [0.1, 0.15) is 18.3 Å². The Morgan fingerprint density at radius 2 is 1.83 bits per heavy atom.